The van der Waals surface area contributed by atoms with E-state index in [0.717, 1.165) is 6.42 Å². The first-order chi connectivity index (χ1) is 6.34. The van der Waals surface area contributed by atoms with Crippen LogP contribution in [0.3, 0.4) is 0 Å². The van der Waals surface area contributed by atoms with Crippen LogP contribution in [0.5, 0.6) is 0 Å². The van der Waals surface area contributed by atoms with E-state index in [-0.39, 0.29) is 12.1 Å². The average Bonchev–Trinajstić information content (AvgIpc) is 2.53. The number of rotatable bonds is 2. The minimum absolute atomic E-state index is 0.246. The summed E-state index contributed by atoms with van der Waals surface area (Å²) in [7, 11) is 0. The Labute approximate surface area is 86.4 Å². The summed E-state index contributed by atoms with van der Waals surface area (Å²) in [5.41, 5.74) is 0. The molecule has 3 nitrogen and oxygen atoms in total. The molecule has 0 saturated carbocycles. The first-order valence-corrected chi connectivity index (χ1v) is 6.61. The molecule has 2 fully saturated rings. The first-order valence-electron chi connectivity index (χ1n) is 4.51. The molecule has 5 heteroatoms. The topological polar surface area (TPSA) is 38.3 Å². The quantitative estimate of drug-likeness (QED) is 0.767. The number of hydrogen-bond donors (Lipinski definition) is 1. The van der Waals surface area contributed by atoms with Crippen molar-refractivity contribution in [3.63, 3.8) is 0 Å². The zero-order valence-corrected chi connectivity index (χ0v) is 8.96. The number of carbonyl (C=O) groups excluding carboxylic acids is 1. The molecular weight excluding hydrogens is 206 g/mol. The predicted octanol–water partition coefficient (Wildman–Crippen LogP) is 1.68. The van der Waals surface area contributed by atoms with Crippen LogP contribution in [0.1, 0.15) is 12.8 Å². The summed E-state index contributed by atoms with van der Waals surface area (Å²) < 4.78 is 5.49. The highest BCUT2D eigenvalue weighted by atomic mass is 32.2. The van der Waals surface area contributed by atoms with E-state index in [0.29, 0.717) is 11.2 Å². The normalized spacial score (nSPS) is 29.8. The molecule has 0 aromatic carbocycles. The van der Waals surface area contributed by atoms with Crippen LogP contribution in [0.4, 0.5) is 4.79 Å². The zero-order chi connectivity index (χ0) is 9.10. The summed E-state index contributed by atoms with van der Waals surface area (Å²) in [6.45, 7) is 0.552. The molecule has 2 aliphatic heterocycles. The van der Waals surface area contributed by atoms with Crippen molar-refractivity contribution in [2.45, 2.75) is 23.5 Å². The van der Waals surface area contributed by atoms with Gasteiger partial charge in [-0.3, -0.25) is 0 Å². The van der Waals surface area contributed by atoms with Gasteiger partial charge in [0.2, 0.25) is 0 Å². The Morgan fingerprint density at radius 1 is 1.46 bits per heavy atom. The summed E-state index contributed by atoms with van der Waals surface area (Å²) >= 11 is 4.01. The third-order valence-corrected chi connectivity index (χ3v) is 5.10. The summed E-state index contributed by atoms with van der Waals surface area (Å²) in [6.07, 6.45) is 2.11. The lowest BCUT2D eigenvalue weighted by Crippen LogP contribution is -2.29. The first kappa shape index (κ1) is 9.52. The highest BCUT2D eigenvalue weighted by molar-refractivity contribution is 8.17. The summed E-state index contributed by atoms with van der Waals surface area (Å²) in [4.78, 5) is 10.7. The average molecular weight is 219 g/mol. The molecule has 2 rings (SSSR count). The van der Waals surface area contributed by atoms with E-state index in [4.69, 9.17) is 4.74 Å². The van der Waals surface area contributed by atoms with Gasteiger partial charge in [-0.1, -0.05) is 0 Å². The molecule has 2 aliphatic rings. The largest absolute Gasteiger partial charge is 0.447 e. The summed E-state index contributed by atoms with van der Waals surface area (Å²) in [6, 6.07) is 0.246. The summed E-state index contributed by atoms with van der Waals surface area (Å²) in [5, 5.41) is 2.81. The molecule has 2 saturated heterocycles. The molecule has 13 heavy (non-hydrogen) atoms. The van der Waals surface area contributed by atoms with Crippen LogP contribution in [0.25, 0.3) is 0 Å². The van der Waals surface area contributed by atoms with Crippen molar-refractivity contribution in [3.8, 4) is 0 Å². The number of carbonyl (C=O) groups is 1. The van der Waals surface area contributed by atoms with Gasteiger partial charge in [0, 0.05) is 0 Å². The standard InChI is InChI=1S/C8H13NO2S2/c10-8-9-6(5-11-8)4-7-12-2-1-3-13-7/h6-7H,1-5H2,(H,9,10). The Morgan fingerprint density at radius 3 is 2.85 bits per heavy atom. The van der Waals surface area contributed by atoms with E-state index in [9.17, 15) is 4.79 Å². The van der Waals surface area contributed by atoms with Gasteiger partial charge in [0.25, 0.3) is 0 Å². The number of cyclic esters (lactones) is 1. The maximum Gasteiger partial charge on any atom is 0.407 e. The summed E-state index contributed by atoms with van der Waals surface area (Å²) in [5.74, 6) is 2.53. The van der Waals surface area contributed by atoms with Crippen molar-refractivity contribution in [2.75, 3.05) is 18.1 Å². The highest BCUT2D eigenvalue weighted by Crippen LogP contribution is 2.33. The SMILES string of the molecule is O=C1NC(CC2SCCCS2)CO1. The van der Waals surface area contributed by atoms with E-state index >= 15 is 0 Å². The van der Waals surface area contributed by atoms with Gasteiger partial charge in [-0.05, 0) is 24.3 Å². The maximum absolute atomic E-state index is 10.7. The van der Waals surface area contributed by atoms with Crippen LogP contribution >= 0.6 is 23.5 Å². The Bertz CT molecular complexity index is 195. The molecule has 74 valence electrons. The molecule has 2 heterocycles. The van der Waals surface area contributed by atoms with Gasteiger partial charge in [-0.25, -0.2) is 4.79 Å². The fourth-order valence-electron chi connectivity index (χ4n) is 1.46. The lowest BCUT2D eigenvalue weighted by Gasteiger charge is -2.22. The van der Waals surface area contributed by atoms with Crippen LogP contribution in [-0.2, 0) is 4.74 Å². The van der Waals surface area contributed by atoms with Crippen molar-refractivity contribution < 1.29 is 9.53 Å². The Hall–Kier alpha value is -0.0300. The van der Waals surface area contributed by atoms with Crippen molar-refractivity contribution >= 4 is 29.6 Å². The second kappa shape index (κ2) is 4.46. The van der Waals surface area contributed by atoms with E-state index in [1.54, 1.807) is 0 Å². The number of ether oxygens (including phenoxy) is 1. The van der Waals surface area contributed by atoms with E-state index < -0.39 is 0 Å². The van der Waals surface area contributed by atoms with Gasteiger partial charge in [-0.15, -0.1) is 23.5 Å². The predicted molar refractivity (Wildman–Crippen MR) is 56.2 cm³/mol. The molecule has 0 aromatic rings. The van der Waals surface area contributed by atoms with Crippen LogP contribution in [0.15, 0.2) is 0 Å². The van der Waals surface area contributed by atoms with Crippen molar-refractivity contribution in [3.05, 3.63) is 0 Å². The fraction of sp³-hybridized carbons (Fsp3) is 0.875. The van der Waals surface area contributed by atoms with E-state index in [1.165, 1.54) is 17.9 Å². The van der Waals surface area contributed by atoms with Gasteiger partial charge in [0.05, 0.1) is 10.6 Å². The highest BCUT2D eigenvalue weighted by Gasteiger charge is 2.26. The zero-order valence-electron chi connectivity index (χ0n) is 7.32. The molecule has 1 unspecified atom stereocenters. The number of amides is 1. The fourth-order valence-corrected chi connectivity index (χ4v) is 4.49. The van der Waals surface area contributed by atoms with Gasteiger partial charge in [0.15, 0.2) is 0 Å². The van der Waals surface area contributed by atoms with Crippen LogP contribution in [-0.4, -0.2) is 34.8 Å². The molecular formula is C8H13NO2S2. The van der Waals surface area contributed by atoms with Crippen LogP contribution < -0.4 is 5.32 Å². The van der Waals surface area contributed by atoms with Crippen molar-refractivity contribution in [1.82, 2.24) is 5.32 Å². The second-order valence-corrected chi connectivity index (χ2v) is 6.12. The van der Waals surface area contributed by atoms with Gasteiger partial charge in [-0.2, -0.15) is 0 Å². The minimum Gasteiger partial charge on any atom is -0.447 e. The van der Waals surface area contributed by atoms with Crippen LogP contribution in [0.2, 0.25) is 0 Å². The Morgan fingerprint density at radius 2 is 2.23 bits per heavy atom. The number of hydrogen-bond acceptors (Lipinski definition) is 4. The molecule has 0 aliphatic carbocycles. The number of alkyl carbamates (subject to hydrolysis) is 1. The van der Waals surface area contributed by atoms with E-state index in [2.05, 4.69) is 5.32 Å². The number of thioether (sulfide) groups is 2. The molecule has 0 aromatic heterocycles. The monoisotopic (exact) mass is 219 g/mol. The third-order valence-electron chi connectivity index (χ3n) is 2.11. The lowest BCUT2D eigenvalue weighted by atomic mass is 10.2. The Kier molecular flexibility index (Phi) is 3.27. The van der Waals surface area contributed by atoms with Gasteiger partial charge in [0.1, 0.15) is 6.61 Å². The second-order valence-electron chi connectivity index (χ2n) is 3.20. The van der Waals surface area contributed by atoms with Crippen molar-refractivity contribution in [2.24, 2.45) is 0 Å². The molecule has 0 spiro atoms. The third kappa shape index (κ3) is 2.71. The molecule has 1 amide bonds. The molecule has 0 radical (unpaired) electrons. The lowest BCUT2D eigenvalue weighted by molar-refractivity contribution is 0.176. The molecule has 1 N–H and O–H groups in total. The smallest absolute Gasteiger partial charge is 0.407 e. The van der Waals surface area contributed by atoms with Gasteiger partial charge >= 0.3 is 6.09 Å². The van der Waals surface area contributed by atoms with Crippen LogP contribution in [0, 0.1) is 0 Å². The number of nitrogens with one attached hydrogen (secondary N) is 1. The molecule has 0 bridgehead atoms. The Balaban J connectivity index is 1.73. The molecule has 1 atom stereocenters. The van der Waals surface area contributed by atoms with Gasteiger partial charge < -0.3 is 10.1 Å². The van der Waals surface area contributed by atoms with E-state index in [1.807, 2.05) is 23.5 Å². The minimum atomic E-state index is -0.254. The maximum atomic E-state index is 10.7. The van der Waals surface area contributed by atoms with Crippen molar-refractivity contribution in [1.29, 1.82) is 0 Å².